The van der Waals surface area contributed by atoms with Crippen molar-refractivity contribution in [1.29, 1.82) is 0 Å². The molecule has 26 heavy (non-hydrogen) atoms. The van der Waals surface area contributed by atoms with E-state index in [2.05, 4.69) is 14.8 Å². The van der Waals surface area contributed by atoms with Gasteiger partial charge in [0.1, 0.15) is 6.10 Å². The maximum atomic E-state index is 11.9. The van der Waals surface area contributed by atoms with E-state index in [0.717, 1.165) is 43.2 Å². The van der Waals surface area contributed by atoms with E-state index in [-0.39, 0.29) is 11.7 Å². The molecule has 1 saturated carbocycles. The van der Waals surface area contributed by atoms with Gasteiger partial charge in [-0.1, -0.05) is 48.9 Å². The van der Waals surface area contributed by atoms with E-state index in [9.17, 15) is 9.59 Å². The van der Waals surface area contributed by atoms with Crippen molar-refractivity contribution in [3.63, 3.8) is 0 Å². The number of carbonyl (C=O) groups excluding carboxylic acids is 2. The molecule has 0 aromatic heterocycles. The Morgan fingerprint density at radius 3 is 2.12 bits per heavy atom. The summed E-state index contributed by atoms with van der Waals surface area (Å²) in [6, 6.07) is 16.6. The molecule has 1 fully saturated rings. The Bertz CT molecular complexity index is 720. The van der Waals surface area contributed by atoms with Crippen LogP contribution in [0.4, 0.5) is 4.79 Å². The van der Waals surface area contributed by atoms with E-state index < -0.39 is 12.1 Å². The lowest BCUT2D eigenvalue weighted by Crippen LogP contribution is -2.22. The molecular formula is C20H20O6. The smallest absolute Gasteiger partial charge is 0.429 e. The van der Waals surface area contributed by atoms with E-state index in [0.29, 0.717) is 0 Å². The minimum atomic E-state index is -1.01. The highest BCUT2D eigenvalue weighted by atomic mass is 17.5. The third-order valence-corrected chi connectivity index (χ3v) is 4.25. The van der Waals surface area contributed by atoms with Gasteiger partial charge in [-0.05, 0) is 48.9 Å². The summed E-state index contributed by atoms with van der Waals surface area (Å²) in [5, 5.41) is 4.24. The molecule has 0 N–H and O–H groups in total. The summed E-state index contributed by atoms with van der Waals surface area (Å²) < 4.78 is 5.07. The van der Waals surface area contributed by atoms with Gasteiger partial charge >= 0.3 is 12.1 Å². The summed E-state index contributed by atoms with van der Waals surface area (Å²) in [5.41, 5.74) is 2.28. The number of carbonyl (C=O) groups is 2. The van der Waals surface area contributed by atoms with Gasteiger partial charge in [0.15, 0.2) is 0 Å². The lowest BCUT2D eigenvalue weighted by atomic mass is 9.98. The fraction of sp³-hybridized carbons (Fsp3) is 0.300. The van der Waals surface area contributed by atoms with Crippen LogP contribution in [0.5, 0.6) is 0 Å². The van der Waals surface area contributed by atoms with Crippen LogP contribution in [0.3, 0.4) is 0 Å². The minimum Gasteiger partial charge on any atom is -0.429 e. The molecule has 1 aliphatic rings. The van der Waals surface area contributed by atoms with Crippen LogP contribution in [0.25, 0.3) is 11.1 Å². The van der Waals surface area contributed by atoms with E-state index in [1.54, 1.807) is 24.3 Å². The predicted octanol–water partition coefficient (Wildman–Crippen LogP) is 4.84. The summed E-state index contributed by atoms with van der Waals surface area (Å²) in [6.45, 7) is 0. The monoisotopic (exact) mass is 356 g/mol. The van der Waals surface area contributed by atoms with Crippen LogP contribution < -0.4 is 0 Å². The third kappa shape index (κ3) is 5.07. The Kier molecular flexibility index (Phi) is 6.22. The van der Waals surface area contributed by atoms with Crippen molar-refractivity contribution in [2.24, 2.45) is 0 Å². The van der Waals surface area contributed by atoms with Gasteiger partial charge in [0.2, 0.25) is 0 Å². The summed E-state index contributed by atoms with van der Waals surface area (Å²) >= 11 is 0. The van der Waals surface area contributed by atoms with Gasteiger partial charge in [-0.15, -0.1) is 0 Å². The largest absolute Gasteiger partial charge is 0.543 e. The van der Waals surface area contributed by atoms with Crippen molar-refractivity contribution < 1.29 is 29.1 Å². The number of benzene rings is 2. The second-order valence-electron chi connectivity index (χ2n) is 6.09. The maximum Gasteiger partial charge on any atom is 0.543 e. The Hall–Kier alpha value is -2.86. The highest BCUT2D eigenvalue weighted by molar-refractivity contribution is 5.89. The summed E-state index contributed by atoms with van der Waals surface area (Å²) in [6.07, 6.45) is 3.63. The first-order valence-electron chi connectivity index (χ1n) is 8.64. The second-order valence-corrected chi connectivity index (χ2v) is 6.09. The third-order valence-electron chi connectivity index (χ3n) is 4.25. The van der Waals surface area contributed by atoms with Gasteiger partial charge in [0.05, 0.1) is 10.6 Å². The fourth-order valence-electron chi connectivity index (χ4n) is 2.89. The number of ether oxygens (including phenoxy) is 1. The van der Waals surface area contributed by atoms with Gasteiger partial charge in [-0.3, -0.25) is 4.89 Å². The summed E-state index contributed by atoms with van der Waals surface area (Å²) in [4.78, 5) is 32.2. The Morgan fingerprint density at radius 2 is 1.42 bits per heavy atom. The molecule has 0 saturated heterocycles. The van der Waals surface area contributed by atoms with Crippen LogP contribution in [0.1, 0.15) is 42.5 Å². The highest BCUT2D eigenvalue weighted by Crippen LogP contribution is 2.21. The normalized spacial score (nSPS) is 14.5. The molecule has 0 atom stereocenters. The quantitative estimate of drug-likeness (QED) is 0.433. The van der Waals surface area contributed by atoms with Gasteiger partial charge in [-0.2, -0.15) is 0 Å². The lowest BCUT2D eigenvalue weighted by Gasteiger charge is -2.20. The van der Waals surface area contributed by atoms with Crippen LogP contribution in [-0.2, 0) is 19.6 Å². The Balaban J connectivity index is 1.44. The molecule has 0 amide bonds. The van der Waals surface area contributed by atoms with Gasteiger partial charge in [0.25, 0.3) is 0 Å². The van der Waals surface area contributed by atoms with Crippen molar-refractivity contribution in [1.82, 2.24) is 0 Å². The molecule has 2 aromatic carbocycles. The molecule has 6 nitrogen and oxygen atoms in total. The molecule has 1 aliphatic carbocycles. The molecule has 2 aromatic rings. The minimum absolute atomic E-state index is 0.166. The van der Waals surface area contributed by atoms with Crippen LogP contribution in [0.2, 0.25) is 0 Å². The zero-order valence-corrected chi connectivity index (χ0v) is 14.3. The van der Waals surface area contributed by atoms with Gasteiger partial charge in [-0.25, -0.2) is 14.5 Å². The number of hydrogen-bond acceptors (Lipinski definition) is 6. The van der Waals surface area contributed by atoms with Crippen LogP contribution >= 0.6 is 0 Å². The molecule has 6 heteroatoms. The average molecular weight is 356 g/mol. The number of rotatable bonds is 5. The van der Waals surface area contributed by atoms with E-state index in [4.69, 9.17) is 4.74 Å². The van der Waals surface area contributed by atoms with Crippen molar-refractivity contribution in [2.75, 3.05) is 0 Å². The summed E-state index contributed by atoms with van der Waals surface area (Å²) in [5.74, 6) is -0.768. The first kappa shape index (κ1) is 17.9. The van der Waals surface area contributed by atoms with Crippen molar-refractivity contribution >= 4 is 12.1 Å². The molecule has 0 unspecified atom stereocenters. The molecule has 0 radical (unpaired) electrons. The zero-order chi connectivity index (χ0) is 18.2. The molecule has 0 spiro atoms. The molecule has 0 aliphatic heterocycles. The van der Waals surface area contributed by atoms with Crippen LogP contribution in [-0.4, -0.2) is 18.2 Å². The summed E-state index contributed by atoms with van der Waals surface area (Å²) in [7, 11) is 0. The van der Waals surface area contributed by atoms with Crippen LogP contribution in [0.15, 0.2) is 54.6 Å². The van der Waals surface area contributed by atoms with Gasteiger partial charge < -0.3 is 4.74 Å². The first-order valence-corrected chi connectivity index (χ1v) is 8.64. The molecule has 0 heterocycles. The maximum absolute atomic E-state index is 11.9. The average Bonchev–Trinajstić information content (AvgIpc) is 2.69. The second kappa shape index (κ2) is 9.01. The SMILES string of the molecule is O=C(OOOC(=O)c1ccc(-c2ccccc2)cc1)OC1CCCCC1. The fourth-order valence-corrected chi connectivity index (χ4v) is 2.89. The van der Waals surface area contributed by atoms with Crippen molar-refractivity contribution in [2.45, 2.75) is 38.2 Å². The van der Waals surface area contributed by atoms with Crippen molar-refractivity contribution in [3.8, 4) is 11.1 Å². The predicted molar refractivity (Wildman–Crippen MR) is 92.8 cm³/mol. The first-order chi connectivity index (χ1) is 12.7. The number of hydrogen-bond donors (Lipinski definition) is 0. The molecule has 0 bridgehead atoms. The Morgan fingerprint density at radius 1 is 0.769 bits per heavy atom. The van der Waals surface area contributed by atoms with Gasteiger partial charge in [0, 0.05) is 0 Å². The lowest BCUT2D eigenvalue weighted by molar-refractivity contribution is -0.453. The standard InChI is InChI=1S/C20H20O6/c21-19(24-26-25-20(22)23-18-9-5-2-6-10-18)17-13-11-16(12-14-17)15-7-3-1-4-8-15/h1,3-4,7-8,11-14,18H,2,5-6,9-10H2. The van der Waals surface area contributed by atoms with E-state index in [1.807, 2.05) is 30.3 Å². The Labute approximate surface area is 151 Å². The van der Waals surface area contributed by atoms with E-state index >= 15 is 0 Å². The highest BCUT2D eigenvalue weighted by Gasteiger charge is 2.20. The zero-order valence-electron chi connectivity index (χ0n) is 14.3. The van der Waals surface area contributed by atoms with Crippen LogP contribution in [0, 0.1) is 0 Å². The topological polar surface area (TPSA) is 71.1 Å². The molecular weight excluding hydrogens is 336 g/mol. The van der Waals surface area contributed by atoms with Crippen molar-refractivity contribution in [3.05, 3.63) is 60.2 Å². The molecule has 136 valence electrons. The van der Waals surface area contributed by atoms with E-state index in [1.165, 1.54) is 0 Å². The molecule has 3 rings (SSSR count).